The second-order valence-electron chi connectivity index (χ2n) is 4.54. The van der Waals surface area contributed by atoms with E-state index >= 15 is 0 Å². The van der Waals surface area contributed by atoms with Crippen molar-refractivity contribution in [2.75, 3.05) is 0 Å². The van der Waals surface area contributed by atoms with E-state index in [1.807, 2.05) is 53.3 Å². The number of fused-ring (bicyclic) bond motifs is 1. The molecule has 0 aliphatic heterocycles. The number of rotatable bonds is 4. The minimum Gasteiger partial charge on any atom is -0.319 e. The Labute approximate surface area is 125 Å². The monoisotopic (exact) mass is 298 g/mol. The number of benzene rings is 1. The molecular weight excluding hydrogens is 284 g/mol. The van der Waals surface area contributed by atoms with Gasteiger partial charge in [-0.1, -0.05) is 18.2 Å². The highest BCUT2D eigenvalue weighted by molar-refractivity contribution is 7.11. The van der Waals surface area contributed by atoms with Crippen molar-refractivity contribution in [1.29, 1.82) is 0 Å². The molecule has 0 aliphatic carbocycles. The van der Waals surface area contributed by atoms with Gasteiger partial charge in [-0.25, -0.2) is 10.4 Å². The average molecular weight is 298 g/mol. The van der Waals surface area contributed by atoms with Crippen LogP contribution in [0.3, 0.4) is 0 Å². The van der Waals surface area contributed by atoms with Crippen molar-refractivity contribution in [3.05, 3.63) is 52.5 Å². The second-order valence-corrected chi connectivity index (χ2v) is 5.52. The quantitative estimate of drug-likeness (QED) is 0.594. The molecule has 6 heteroatoms. The normalized spacial score (nSPS) is 11.3. The van der Waals surface area contributed by atoms with E-state index in [4.69, 9.17) is 0 Å². The summed E-state index contributed by atoms with van der Waals surface area (Å²) < 4.78 is 1.88. The first-order valence-corrected chi connectivity index (χ1v) is 7.39. The lowest BCUT2D eigenvalue weighted by molar-refractivity contribution is -0.121. The van der Waals surface area contributed by atoms with E-state index in [1.54, 1.807) is 17.6 Å². The Morgan fingerprint density at radius 1 is 1.38 bits per heavy atom. The van der Waals surface area contributed by atoms with Crippen LogP contribution in [0.5, 0.6) is 0 Å². The molecule has 1 amide bonds. The molecule has 0 unspecified atom stereocenters. The summed E-state index contributed by atoms with van der Waals surface area (Å²) in [6.07, 6.45) is 1.64. The predicted molar refractivity (Wildman–Crippen MR) is 84.5 cm³/mol. The maximum Gasteiger partial charge on any atom is 0.260 e. The Morgan fingerprint density at radius 2 is 2.24 bits per heavy atom. The number of imidazole rings is 1. The summed E-state index contributed by atoms with van der Waals surface area (Å²) in [4.78, 5) is 17.4. The molecule has 2 heterocycles. The van der Waals surface area contributed by atoms with Gasteiger partial charge in [-0.05, 0) is 30.5 Å². The number of nitrogens with one attached hydrogen (secondary N) is 1. The number of aryl methyl sites for hydroxylation is 1. The number of carbonyl (C=O) groups excluding carboxylic acids is 1. The molecule has 2 aromatic heterocycles. The molecule has 1 N–H and O–H groups in total. The summed E-state index contributed by atoms with van der Waals surface area (Å²) >= 11 is 1.57. The van der Waals surface area contributed by atoms with Crippen LogP contribution in [0.2, 0.25) is 0 Å². The molecule has 5 nitrogen and oxygen atoms in total. The van der Waals surface area contributed by atoms with Gasteiger partial charge in [-0.2, -0.15) is 5.10 Å². The highest BCUT2D eigenvalue weighted by Crippen LogP contribution is 2.14. The third kappa shape index (κ3) is 3.00. The van der Waals surface area contributed by atoms with E-state index in [0.29, 0.717) is 0 Å². The fraction of sp³-hybridized carbons (Fsp3) is 0.133. The largest absolute Gasteiger partial charge is 0.319 e. The molecule has 106 valence electrons. The molecule has 1 aromatic carbocycles. The van der Waals surface area contributed by atoms with E-state index in [0.717, 1.165) is 21.7 Å². The lowest BCUT2D eigenvalue weighted by Gasteiger charge is -2.05. The van der Waals surface area contributed by atoms with E-state index in [-0.39, 0.29) is 12.5 Å². The Kier molecular flexibility index (Phi) is 3.79. The number of para-hydroxylation sites is 2. The van der Waals surface area contributed by atoms with E-state index < -0.39 is 0 Å². The molecule has 0 fully saturated rings. The van der Waals surface area contributed by atoms with Crippen LogP contribution in [-0.2, 0) is 11.3 Å². The van der Waals surface area contributed by atoms with Gasteiger partial charge in [-0.15, -0.1) is 11.3 Å². The Morgan fingerprint density at radius 3 is 3.05 bits per heavy atom. The maximum atomic E-state index is 12.0. The Balaban J connectivity index is 1.70. The van der Waals surface area contributed by atoms with Gasteiger partial charge in [0, 0.05) is 4.88 Å². The van der Waals surface area contributed by atoms with Gasteiger partial charge in [0.25, 0.3) is 5.91 Å². The van der Waals surface area contributed by atoms with Crippen LogP contribution in [0.25, 0.3) is 11.0 Å². The third-order valence-electron chi connectivity index (χ3n) is 3.07. The molecule has 0 radical (unpaired) electrons. The van der Waals surface area contributed by atoms with Crippen LogP contribution in [0.1, 0.15) is 10.7 Å². The number of aromatic nitrogens is 2. The smallest absolute Gasteiger partial charge is 0.260 e. The highest BCUT2D eigenvalue weighted by atomic mass is 32.1. The summed E-state index contributed by atoms with van der Waals surface area (Å²) in [6, 6.07) is 11.6. The zero-order valence-electron chi connectivity index (χ0n) is 11.5. The first-order valence-electron chi connectivity index (χ1n) is 6.51. The van der Waals surface area contributed by atoms with Crippen LogP contribution in [0.4, 0.5) is 0 Å². The van der Waals surface area contributed by atoms with Crippen molar-refractivity contribution >= 4 is 34.5 Å². The maximum absolute atomic E-state index is 12.0. The SMILES string of the molecule is Cc1nc2ccccc2n1CC(=O)N/N=C\c1cccs1. The predicted octanol–water partition coefficient (Wildman–Crippen LogP) is 2.56. The first kappa shape index (κ1) is 13.5. The number of hydrogen-bond donors (Lipinski definition) is 1. The lowest BCUT2D eigenvalue weighted by atomic mass is 10.3. The number of hydrazone groups is 1. The Hall–Kier alpha value is -2.47. The fourth-order valence-electron chi connectivity index (χ4n) is 2.11. The van der Waals surface area contributed by atoms with Gasteiger partial charge in [0.05, 0.1) is 17.2 Å². The minimum atomic E-state index is -0.172. The van der Waals surface area contributed by atoms with Crippen LogP contribution >= 0.6 is 11.3 Å². The zero-order valence-corrected chi connectivity index (χ0v) is 12.3. The van der Waals surface area contributed by atoms with Crippen molar-refractivity contribution in [2.45, 2.75) is 13.5 Å². The third-order valence-corrected chi connectivity index (χ3v) is 3.88. The van der Waals surface area contributed by atoms with Crippen molar-refractivity contribution < 1.29 is 4.79 Å². The molecule has 0 bridgehead atoms. The summed E-state index contributed by atoms with van der Waals surface area (Å²) in [5.41, 5.74) is 4.38. The van der Waals surface area contributed by atoms with Crippen molar-refractivity contribution in [1.82, 2.24) is 15.0 Å². The summed E-state index contributed by atoms with van der Waals surface area (Å²) in [6.45, 7) is 2.09. The van der Waals surface area contributed by atoms with Crippen LogP contribution < -0.4 is 5.43 Å². The summed E-state index contributed by atoms with van der Waals surface area (Å²) in [5.74, 6) is 0.641. The topological polar surface area (TPSA) is 59.3 Å². The van der Waals surface area contributed by atoms with E-state index in [9.17, 15) is 4.79 Å². The molecule has 0 atom stereocenters. The fourth-order valence-corrected chi connectivity index (χ4v) is 2.69. The molecule has 0 aliphatic rings. The van der Waals surface area contributed by atoms with Gasteiger partial charge in [0.1, 0.15) is 12.4 Å². The van der Waals surface area contributed by atoms with Gasteiger partial charge >= 0.3 is 0 Å². The summed E-state index contributed by atoms with van der Waals surface area (Å²) in [7, 11) is 0. The first-order chi connectivity index (χ1) is 10.2. The van der Waals surface area contributed by atoms with Gasteiger partial charge < -0.3 is 4.57 Å². The number of amides is 1. The van der Waals surface area contributed by atoms with Crippen molar-refractivity contribution in [3.63, 3.8) is 0 Å². The van der Waals surface area contributed by atoms with Crippen LogP contribution in [0.15, 0.2) is 46.9 Å². The number of carbonyl (C=O) groups is 1. The Bertz CT molecular complexity index is 789. The second kappa shape index (κ2) is 5.88. The highest BCUT2D eigenvalue weighted by Gasteiger charge is 2.09. The van der Waals surface area contributed by atoms with Gasteiger partial charge in [-0.3, -0.25) is 4.79 Å². The average Bonchev–Trinajstić information content (AvgIpc) is 3.08. The molecule has 0 saturated heterocycles. The van der Waals surface area contributed by atoms with Gasteiger partial charge in [0.2, 0.25) is 0 Å². The van der Waals surface area contributed by atoms with Crippen LogP contribution in [0, 0.1) is 6.92 Å². The van der Waals surface area contributed by atoms with Crippen molar-refractivity contribution in [2.24, 2.45) is 5.10 Å². The number of hydrogen-bond acceptors (Lipinski definition) is 4. The van der Waals surface area contributed by atoms with Crippen molar-refractivity contribution in [3.8, 4) is 0 Å². The zero-order chi connectivity index (χ0) is 14.7. The molecule has 21 heavy (non-hydrogen) atoms. The van der Waals surface area contributed by atoms with Crippen LogP contribution in [-0.4, -0.2) is 21.7 Å². The van der Waals surface area contributed by atoms with Gasteiger partial charge in [0.15, 0.2) is 0 Å². The molecule has 0 spiro atoms. The number of thiophene rings is 1. The van der Waals surface area contributed by atoms with E-state index in [1.165, 1.54) is 0 Å². The standard InChI is InChI=1S/C15H14N4OS/c1-11-17-13-6-2-3-7-14(13)19(11)10-15(20)18-16-9-12-5-4-8-21-12/h2-9H,10H2,1H3,(H,18,20)/b16-9-. The molecule has 3 aromatic rings. The minimum absolute atomic E-state index is 0.172. The summed E-state index contributed by atoms with van der Waals surface area (Å²) in [5, 5.41) is 5.92. The molecule has 3 rings (SSSR count). The lowest BCUT2D eigenvalue weighted by Crippen LogP contribution is -2.23. The molecular formula is C15H14N4OS. The van der Waals surface area contributed by atoms with E-state index in [2.05, 4.69) is 15.5 Å². The molecule has 0 saturated carbocycles. The number of nitrogens with zero attached hydrogens (tertiary/aromatic N) is 3.